The van der Waals surface area contributed by atoms with Crippen LogP contribution in [0.25, 0.3) is 0 Å². The smallest absolute Gasteiger partial charge is 0.0951 e. The van der Waals surface area contributed by atoms with Gasteiger partial charge >= 0.3 is 0 Å². The van der Waals surface area contributed by atoms with Crippen molar-refractivity contribution in [2.75, 3.05) is 26.4 Å². The Kier molecular flexibility index (Phi) is 4.11. The minimum atomic E-state index is 0.0340. The van der Waals surface area contributed by atoms with E-state index in [2.05, 4.69) is 26.1 Å². The van der Waals surface area contributed by atoms with Crippen molar-refractivity contribution >= 4 is 0 Å². The molecule has 2 unspecified atom stereocenters. The van der Waals surface area contributed by atoms with Crippen LogP contribution in [-0.4, -0.2) is 38.0 Å². The summed E-state index contributed by atoms with van der Waals surface area (Å²) >= 11 is 0. The van der Waals surface area contributed by atoms with Gasteiger partial charge < -0.3 is 14.8 Å². The second-order valence-corrected chi connectivity index (χ2v) is 6.42. The molecule has 2 atom stereocenters. The van der Waals surface area contributed by atoms with Gasteiger partial charge in [-0.15, -0.1) is 0 Å². The van der Waals surface area contributed by atoms with Gasteiger partial charge in [0.05, 0.1) is 12.2 Å². The van der Waals surface area contributed by atoms with Crippen LogP contribution in [0, 0.1) is 5.41 Å². The molecule has 0 aromatic heterocycles. The van der Waals surface area contributed by atoms with E-state index in [1.54, 1.807) is 0 Å². The lowest BCUT2D eigenvalue weighted by Gasteiger charge is -2.38. The summed E-state index contributed by atoms with van der Waals surface area (Å²) in [5.41, 5.74) is 0.434. The Hall–Kier alpha value is -0.120. The molecule has 0 aromatic carbocycles. The van der Waals surface area contributed by atoms with Crippen LogP contribution >= 0.6 is 0 Å². The molecule has 0 amide bonds. The number of hydrogen-bond acceptors (Lipinski definition) is 3. The first-order chi connectivity index (χ1) is 8.05. The lowest BCUT2D eigenvalue weighted by molar-refractivity contribution is -0.0899. The lowest BCUT2D eigenvalue weighted by atomic mass is 9.87. The predicted molar refractivity (Wildman–Crippen MR) is 69.2 cm³/mol. The van der Waals surface area contributed by atoms with E-state index in [-0.39, 0.29) is 5.60 Å². The number of ether oxygens (including phenoxy) is 2. The monoisotopic (exact) mass is 241 g/mol. The van der Waals surface area contributed by atoms with Crippen LogP contribution < -0.4 is 5.32 Å². The van der Waals surface area contributed by atoms with E-state index in [1.165, 1.54) is 6.42 Å². The van der Waals surface area contributed by atoms with Crippen molar-refractivity contribution in [1.82, 2.24) is 5.32 Å². The Morgan fingerprint density at radius 1 is 1.35 bits per heavy atom. The summed E-state index contributed by atoms with van der Waals surface area (Å²) in [4.78, 5) is 0. The molecule has 1 spiro atoms. The van der Waals surface area contributed by atoms with Gasteiger partial charge in [0.1, 0.15) is 0 Å². The van der Waals surface area contributed by atoms with E-state index in [0.717, 1.165) is 45.6 Å². The van der Waals surface area contributed by atoms with Gasteiger partial charge in [0.15, 0.2) is 0 Å². The molecule has 17 heavy (non-hydrogen) atoms. The van der Waals surface area contributed by atoms with E-state index in [0.29, 0.717) is 11.5 Å². The minimum absolute atomic E-state index is 0.0340. The van der Waals surface area contributed by atoms with Gasteiger partial charge in [0, 0.05) is 32.2 Å². The number of rotatable bonds is 4. The van der Waals surface area contributed by atoms with E-state index in [4.69, 9.17) is 9.47 Å². The van der Waals surface area contributed by atoms with Crippen molar-refractivity contribution in [3.05, 3.63) is 0 Å². The zero-order valence-corrected chi connectivity index (χ0v) is 11.6. The molecule has 0 aromatic rings. The fraction of sp³-hybridized carbons (Fsp3) is 1.00. The first-order valence-electron chi connectivity index (χ1n) is 7.00. The van der Waals surface area contributed by atoms with Gasteiger partial charge in [0.2, 0.25) is 0 Å². The zero-order chi connectivity index (χ0) is 12.4. The molecule has 3 nitrogen and oxygen atoms in total. The average Bonchev–Trinajstić information content (AvgIpc) is 2.75. The van der Waals surface area contributed by atoms with Crippen LogP contribution in [0.15, 0.2) is 0 Å². The molecular weight excluding hydrogens is 214 g/mol. The molecule has 2 heterocycles. The van der Waals surface area contributed by atoms with E-state index >= 15 is 0 Å². The van der Waals surface area contributed by atoms with Crippen molar-refractivity contribution in [3.63, 3.8) is 0 Å². The van der Waals surface area contributed by atoms with Crippen molar-refractivity contribution in [3.8, 4) is 0 Å². The fourth-order valence-corrected chi connectivity index (χ4v) is 2.61. The molecule has 2 aliphatic rings. The molecule has 0 saturated carbocycles. The third kappa shape index (κ3) is 3.43. The maximum atomic E-state index is 5.95. The molecular formula is C14H27NO2. The quantitative estimate of drug-likeness (QED) is 0.819. The Morgan fingerprint density at radius 2 is 2.18 bits per heavy atom. The summed E-state index contributed by atoms with van der Waals surface area (Å²) in [5, 5.41) is 3.73. The number of nitrogens with one attached hydrogen (secondary N) is 1. The Bertz CT molecular complexity index is 247. The normalized spacial score (nSPS) is 34.4. The highest BCUT2D eigenvalue weighted by molar-refractivity contribution is 4.93. The van der Waals surface area contributed by atoms with Crippen molar-refractivity contribution in [1.29, 1.82) is 0 Å². The van der Waals surface area contributed by atoms with Gasteiger partial charge in [-0.1, -0.05) is 20.8 Å². The average molecular weight is 241 g/mol. The fourth-order valence-electron chi connectivity index (χ4n) is 2.61. The summed E-state index contributed by atoms with van der Waals surface area (Å²) in [6.07, 6.45) is 4.55. The van der Waals surface area contributed by atoms with Crippen LogP contribution in [-0.2, 0) is 9.47 Å². The molecule has 100 valence electrons. The first-order valence-corrected chi connectivity index (χ1v) is 7.00. The van der Waals surface area contributed by atoms with Gasteiger partial charge in [-0.25, -0.2) is 0 Å². The van der Waals surface area contributed by atoms with Crippen LogP contribution in [0.4, 0.5) is 0 Å². The van der Waals surface area contributed by atoms with Crippen LogP contribution in [0.3, 0.4) is 0 Å². The second kappa shape index (κ2) is 5.25. The Morgan fingerprint density at radius 3 is 2.82 bits per heavy atom. The highest BCUT2D eigenvalue weighted by Gasteiger charge is 2.41. The summed E-state index contributed by atoms with van der Waals surface area (Å²) in [6.45, 7) is 10.6. The standard InChI is InChI=1S/C14H27NO2/c1-4-13(2,3)10-15-12-5-7-17-14(9-12)6-8-16-11-14/h12,15H,4-11H2,1-3H3. The minimum Gasteiger partial charge on any atom is -0.378 e. The summed E-state index contributed by atoms with van der Waals surface area (Å²) in [5.74, 6) is 0. The SMILES string of the molecule is CCC(C)(C)CNC1CCOC2(CCOC2)C1. The van der Waals surface area contributed by atoms with Crippen LogP contribution in [0.5, 0.6) is 0 Å². The van der Waals surface area contributed by atoms with Crippen molar-refractivity contribution in [2.24, 2.45) is 5.41 Å². The highest BCUT2D eigenvalue weighted by Crippen LogP contribution is 2.33. The third-order valence-electron chi connectivity index (χ3n) is 4.39. The molecule has 2 fully saturated rings. The zero-order valence-electron chi connectivity index (χ0n) is 11.6. The molecule has 2 saturated heterocycles. The van der Waals surface area contributed by atoms with Gasteiger partial charge in [-0.2, -0.15) is 0 Å². The third-order valence-corrected chi connectivity index (χ3v) is 4.39. The van der Waals surface area contributed by atoms with Gasteiger partial charge in [-0.3, -0.25) is 0 Å². The maximum Gasteiger partial charge on any atom is 0.0951 e. The molecule has 0 radical (unpaired) electrons. The molecule has 0 bridgehead atoms. The largest absolute Gasteiger partial charge is 0.378 e. The topological polar surface area (TPSA) is 30.5 Å². The molecule has 2 rings (SSSR count). The molecule has 3 heteroatoms. The molecule has 1 N–H and O–H groups in total. The summed E-state index contributed by atoms with van der Waals surface area (Å²) < 4.78 is 11.4. The second-order valence-electron chi connectivity index (χ2n) is 6.42. The predicted octanol–water partition coefficient (Wildman–Crippen LogP) is 2.35. The summed E-state index contributed by atoms with van der Waals surface area (Å²) in [7, 11) is 0. The van der Waals surface area contributed by atoms with E-state index in [1.807, 2.05) is 0 Å². The number of hydrogen-bond donors (Lipinski definition) is 1. The summed E-state index contributed by atoms with van der Waals surface area (Å²) in [6, 6.07) is 0.608. The van der Waals surface area contributed by atoms with Gasteiger partial charge in [-0.05, 0) is 24.7 Å². The lowest BCUT2D eigenvalue weighted by Crippen LogP contribution is -2.49. The van der Waals surface area contributed by atoms with Crippen molar-refractivity contribution in [2.45, 2.75) is 58.1 Å². The molecule has 2 aliphatic heterocycles. The van der Waals surface area contributed by atoms with Crippen molar-refractivity contribution < 1.29 is 9.47 Å². The highest BCUT2D eigenvalue weighted by atomic mass is 16.6. The van der Waals surface area contributed by atoms with Crippen LogP contribution in [0.1, 0.15) is 46.5 Å². The maximum absolute atomic E-state index is 5.95. The first kappa shape index (κ1) is 13.3. The van der Waals surface area contributed by atoms with Gasteiger partial charge in [0.25, 0.3) is 0 Å². The Balaban J connectivity index is 1.81. The van der Waals surface area contributed by atoms with E-state index < -0.39 is 0 Å². The Labute approximate surface area is 105 Å². The van der Waals surface area contributed by atoms with E-state index in [9.17, 15) is 0 Å². The molecule has 0 aliphatic carbocycles. The van der Waals surface area contributed by atoms with Crippen LogP contribution in [0.2, 0.25) is 0 Å².